The van der Waals surface area contributed by atoms with Crippen LogP contribution in [0.2, 0.25) is 0 Å². The van der Waals surface area contributed by atoms with Crippen LogP contribution in [0.1, 0.15) is 32.1 Å². The second-order valence-corrected chi connectivity index (χ2v) is 11.2. The van der Waals surface area contributed by atoms with E-state index in [0.717, 1.165) is 22.5 Å². The molecule has 2 heterocycles. The van der Waals surface area contributed by atoms with E-state index in [2.05, 4.69) is 20.4 Å². The largest absolute Gasteiger partial charge is 0.287 e. The Labute approximate surface area is 288 Å². The van der Waals surface area contributed by atoms with Gasteiger partial charge in [0, 0.05) is 22.3 Å². The molecule has 8 heteroatoms. The van der Waals surface area contributed by atoms with E-state index < -0.39 is 0 Å². The van der Waals surface area contributed by atoms with Crippen molar-refractivity contribution in [3.05, 3.63) is 205 Å². The highest BCUT2D eigenvalue weighted by Gasteiger charge is 2.23. The first-order valence-electron chi connectivity index (χ1n) is 16.0. The van der Waals surface area contributed by atoms with Crippen molar-refractivity contribution in [2.24, 2.45) is 0 Å². The average molecular weight is 651 g/mol. The van der Waals surface area contributed by atoms with Crippen LogP contribution in [0, 0.1) is 0 Å². The maximum atomic E-state index is 13.0. The van der Waals surface area contributed by atoms with Crippen LogP contribution in [0.15, 0.2) is 182 Å². The third-order valence-electron chi connectivity index (χ3n) is 7.80. The molecule has 8 nitrogen and oxygen atoms in total. The first kappa shape index (κ1) is 31.5. The molecule has 0 saturated carbocycles. The Kier molecular flexibility index (Phi) is 9.33. The molecule has 2 aromatic heterocycles. The Morgan fingerprint density at radius 1 is 0.340 bits per heavy atom. The van der Waals surface area contributed by atoms with Gasteiger partial charge in [-0.2, -0.15) is 9.59 Å². The van der Waals surface area contributed by atoms with E-state index in [-0.39, 0.29) is 11.6 Å². The Morgan fingerprint density at radius 2 is 0.620 bits per heavy atom. The van der Waals surface area contributed by atoms with Crippen molar-refractivity contribution >= 4 is 11.6 Å². The van der Waals surface area contributed by atoms with E-state index in [4.69, 9.17) is 0 Å². The van der Waals surface area contributed by atoms with Crippen molar-refractivity contribution in [2.75, 3.05) is 0 Å². The standard InChI is InChI=1S/2C21H15N3O/c2*25-21(17-12-6-2-7-13-17)20-19(16-10-4-1-5-11-16)22-24(23-20)18-14-8-3-9-15-18/h2*1-15H. The third-order valence-corrected chi connectivity index (χ3v) is 7.80. The summed E-state index contributed by atoms with van der Waals surface area (Å²) in [5.74, 6) is -0.275. The van der Waals surface area contributed by atoms with Gasteiger partial charge in [0.2, 0.25) is 11.6 Å². The zero-order chi connectivity index (χ0) is 34.1. The molecule has 0 radical (unpaired) electrons. The van der Waals surface area contributed by atoms with Gasteiger partial charge in [0.1, 0.15) is 11.4 Å². The second-order valence-electron chi connectivity index (χ2n) is 11.2. The van der Waals surface area contributed by atoms with Gasteiger partial charge in [0.15, 0.2) is 11.4 Å². The van der Waals surface area contributed by atoms with Crippen molar-refractivity contribution in [2.45, 2.75) is 0 Å². The van der Waals surface area contributed by atoms with E-state index >= 15 is 0 Å². The first-order chi connectivity index (χ1) is 24.7. The van der Waals surface area contributed by atoms with Gasteiger partial charge < -0.3 is 0 Å². The van der Waals surface area contributed by atoms with Gasteiger partial charge in [0.05, 0.1) is 11.4 Å². The van der Waals surface area contributed by atoms with Gasteiger partial charge in [-0.3, -0.25) is 9.59 Å². The molecule has 0 unspecified atom stereocenters. The van der Waals surface area contributed by atoms with E-state index in [1.165, 1.54) is 9.59 Å². The molecular weight excluding hydrogens is 621 g/mol. The fourth-order valence-electron chi connectivity index (χ4n) is 5.31. The Balaban J connectivity index is 0.000000157. The zero-order valence-corrected chi connectivity index (χ0v) is 26.8. The maximum Gasteiger partial charge on any atom is 0.215 e. The Hall–Kier alpha value is -7.06. The number of ketones is 2. The molecule has 240 valence electrons. The summed E-state index contributed by atoms with van der Waals surface area (Å²) in [6.07, 6.45) is 0. The molecule has 0 saturated heterocycles. The first-order valence-corrected chi connectivity index (χ1v) is 16.0. The number of hydrogen-bond acceptors (Lipinski definition) is 6. The number of nitrogens with zero attached hydrogens (tertiary/aromatic N) is 6. The van der Waals surface area contributed by atoms with Crippen molar-refractivity contribution in [3.63, 3.8) is 0 Å². The molecular formula is C42H30N6O2. The predicted molar refractivity (Wildman–Crippen MR) is 193 cm³/mol. The van der Waals surface area contributed by atoms with Gasteiger partial charge in [0.25, 0.3) is 0 Å². The Morgan fingerprint density at radius 3 is 0.940 bits per heavy atom. The summed E-state index contributed by atoms with van der Waals surface area (Å²) < 4.78 is 0. The van der Waals surface area contributed by atoms with Crippen molar-refractivity contribution in [1.29, 1.82) is 0 Å². The van der Waals surface area contributed by atoms with Crippen LogP contribution in [-0.4, -0.2) is 41.6 Å². The van der Waals surface area contributed by atoms with Crippen LogP contribution < -0.4 is 0 Å². The highest BCUT2D eigenvalue weighted by molar-refractivity contribution is 6.11. The molecule has 0 atom stereocenters. The average Bonchev–Trinajstić information content (AvgIpc) is 3.86. The normalized spacial score (nSPS) is 10.6. The van der Waals surface area contributed by atoms with Crippen molar-refractivity contribution in [3.8, 4) is 33.9 Å². The van der Waals surface area contributed by atoms with Crippen LogP contribution in [0.4, 0.5) is 0 Å². The zero-order valence-electron chi connectivity index (χ0n) is 26.8. The minimum absolute atomic E-state index is 0.137. The molecule has 0 aliphatic heterocycles. The number of benzene rings is 6. The summed E-state index contributed by atoms with van der Waals surface area (Å²) in [4.78, 5) is 29.0. The highest BCUT2D eigenvalue weighted by atomic mass is 16.1. The summed E-state index contributed by atoms with van der Waals surface area (Å²) in [5, 5.41) is 18.1. The summed E-state index contributed by atoms with van der Waals surface area (Å²) >= 11 is 0. The summed E-state index contributed by atoms with van der Waals surface area (Å²) in [7, 11) is 0. The van der Waals surface area contributed by atoms with Gasteiger partial charge in [-0.15, -0.1) is 20.4 Å². The van der Waals surface area contributed by atoms with Gasteiger partial charge in [-0.05, 0) is 24.3 Å². The molecule has 50 heavy (non-hydrogen) atoms. The quantitative estimate of drug-likeness (QED) is 0.154. The van der Waals surface area contributed by atoms with Crippen molar-refractivity contribution < 1.29 is 9.59 Å². The molecule has 0 fully saturated rings. The topological polar surface area (TPSA) is 95.6 Å². The lowest BCUT2D eigenvalue weighted by Crippen LogP contribution is -2.05. The fourth-order valence-corrected chi connectivity index (χ4v) is 5.31. The summed E-state index contributed by atoms with van der Waals surface area (Å²) in [6, 6.07) is 56.8. The van der Waals surface area contributed by atoms with Crippen LogP contribution in [0.3, 0.4) is 0 Å². The lowest BCUT2D eigenvalue weighted by molar-refractivity contribution is 0.102. The smallest absolute Gasteiger partial charge is 0.215 e. The molecule has 0 amide bonds. The molecule has 0 spiro atoms. The van der Waals surface area contributed by atoms with Crippen LogP contribution >= 0.6 is 0 Å². The summed E-state index contributed by atoms with van der Waals surface area (Å²) in [5.41, 5.74) is 6.41. The van der Waals surface area contributed by atoms with Crippen LogP contribution in [0.5, 0.6) is 0 Å². The molecule has 0 aliphatic carbocycles. The van der Waals surface area contributed by atoms with E-state index in [9.17, 15) is 9.59 Å². The number of rotatable bonds is 8. The molecule has 8 aromatic rings. The monoisotopic (exact) mass is 650 g/mol. The van der Waals surface area contributed by atoms with Crippen LogP contribution in [0.25, 0.3) is 33.9 Å². The number of hydrogen-bond donors (Lipinski definition) is 0. The van der Waals surface area contributed by atoms with Crippen molar-refractivity contribution in [1.82, 2.24) is 30.0 Å². The molecule has 0 bridgehead atoms. The van der Waals surface area contributed by atoms with Gasteiger partial charge >= 0.3 is 0 Å². The maximum absolute atomic E-state index is 13.0. The number of carbonyl (C=O) groups is 2. The van der Waals surface area contributed by atoms with Crippen LogP contribution in [-0.2, 0) is 0 Å². The van der Waals surface area contributed by atoms with E-state index in [0.29, 0.717) is 33.9 Å². The molecule has 6 aromatic carbocycles. The minimum atomic E-state index is -0.137. The second kappa shape index (κ2) is 14.8. The van der Waals surface area contributed by atoms with Gasteiger partial charge in [-0.1, -0.05) is 158 Å². The number of aromatic nitrogens is 6. The van der Waals surface area contributed by atoms with E-state index in [1.807, 2.05) is 158 Å². The molecule has 0 N–H and O–H groups in total. The minimum Gasteiger partial charge on any atom is -0.287 e. The summed E-state index contributed by atoms with van der Waals surface area (Å²) in [6.45, 7) is 0. The SMILES string of the molecule is O=C(c1ccccc1)c1nn(-c2ccccc2)nc1-c1ccccc1.O=C(c1ccccc1)c1nn(-c2ccccc2)nc1-c1ccccc1. The number of para-hydroxylation sites is 2. The molecule has 8 rings (SSSR count). The van der Waals surface area contributed by atoms with Gasteiger partial charge in [-0.25, -0.2) is 0 Å². The lowest BCUT2D eigenvalue weighted by Gasteiger charge is -2.00. The fraction of sp³-hybridized carbons (Fsp3) is 0. The molecule has 0 aliphatic rings. The lowest BCUT2D eigenvalue weighted by atomic mass is 10.0. The third kappa shape index (κ3) is 6.95. The Bertz CT molecular complexity index is 2160. The predicted octanol–water partition coefficient (Wildman–Crippen LogP) is 8.33. The number of carbonyl (C=O) groups excluding carboxylic acids is 2. The highest BCUT2D eigenvalue weighted by Crippen LogP contribution is 2.25. The van der Waals surface area contributed by atoms with E-state index in [1.54, 1.807) is 24.3 Å².